The van der Waals surface area contributed by atoms with E-state index in [1.807, 2.05) is 25.1 Å². The number of carbonyl (C=O) groups is 1. The standard InChI is InChI=1S/C15H18N2O3S/c1-9-6-11(19-4)12(20-5)7-10(9)8-13-14(18)17(3)15(16-2)21-13/h6-8H,1-5H3/b13-8-,16-15?. The summed E-state index contributed by atoms with van der Waals surface area (Å²) in [7, 11) is 6.59. The molecule has 0 unspecified atom stereocenters. The van der Waals surface area contributed by atoms with Gasteiger partial charge in [-0.2, -0.15) is 0 Å². The van der Waals surface area contributed by atoms with Crippen molar-refractivity contribution < 1.29 is 14.3 Å². The van der Waals surface area contributed by atoms with Crippen molar-refractivity contribution in [1.82, 2.24) is 4.90 Å². The molecule has 0 spiro atoms. The zero-order chi connectivity index (χ0) is 15.6. The van der Waals surface area contributed by atoms with E-state index in [0.717, 1.165) is 11.1 Å². The second-order valence-electron chi connectivity index (χ2n) is 4.54. The molecule has 2 rings (SSSR count). The van der Waals surface area contributed by atoms with Crippen molar-refractivity contribution in [2.75, 3.05) is 28.3 Å². The zero-order valence-electron chi connectivity index (χ0n) is 12.8. The van der Waals surface area contributed by atoms with Crippen molar-refractivity contribution in [3.8, 4) is 11.5 Å². The highest BCUT2D eigenvalue weighted by Gasteiger charge is 2.29. The summed E-state index contributed by atoms with van der Waals surface area (Å²) in [5, 5.41) is 0.698. The van der Waals surface area contributed by atoms with Crippen molar-refractivity contribution in [3.63, 3.8) is 0 Å². The van der Waals surface area contributed by atoms with Crippen LogP contribution in [0.15, 0.2) is 22.0 Å². The average Bonchev–Trinajstić information content (AvgIpc) is 2.76. The second-order valence-corrected chi connectivity index (χ2v) is 5.55. The fraction of sp³-hybridized carbons (Fsp3) is 0.333. The number of rotatable bonds is 3. The van der Waals surface area contributed by atoms with E-state index >= 15 is 0 Å². The number of thioether (sulfide) groups is 1. The molecule has 0 radical (unpaired) electrons. The lowest BCUT2D eigenvalue weighted by molar-refractivity contribution is -0.121. The molecule has 1 fully saturated rings. The third kappa shape index (κ3) is 2.90. The number of amides is 1. The third-order valence-electron chi connectivity index (χ3n) is 3.25. The number of methoxy groups -OCH3 is 2. The number of aliphatic imine (C=N–C) groups is 1. The highest BCUT2D eigenvalue weighted by atomic mass is 32.2. The minimum absolute atomic E-state index is 0.0465. The molecule has 0 N–H and O–H groups in total. The van der Waals surface area contributed by atoms with Crippen molar-refractivity contribution >= 4 is 28.9 Å². The molecule has 0 bridgehead atoms. The minimum Gasteiger partial charge on any atom is -0.493 e. The average molecular weight is 306 g/mol. The minimum atomic E-state index is -0.0465. The van der Waals surface area contributed by atoms with Crippen LogP contribution in [0.3, 0.4) is 0 Å². The molecule has 0 saturated carbocycles. The molecule has 1 saturated heterocycles. The largest absolute Gasteiger partial charge is 0.493 e. The number of likely N-dealkylation sites (N-methyl/N-ethyl adjacent to an activating group) is 1. The molecule has 5 nitrogen and oxygen atoms in total. The van der Waals surface area contributed by atoms with Gasteiger partial charge in [-0.3, -0.25) is 14.7 Å². The van der Waals surface area contributed by atoms with Crippen LogP contribution in [0.2, 0.25) is 0 Å². The van der Waals surface area contributed by atoms with Gasteiger partial charge in [-0.15, -0.1) is 0 Å². The number of carbonyl (C=O) groups excluding carboxylic acids is 1. The number of aryl methyl sites for hydroxylation is 1. The lowest BCUT2D eigenvalue weighted by Crippen LogP contribution is -2.23. The molecule has 1 aliphatic heterocycles. The smallest absolute Gasteiger partial charge is 0.266 e. The van der Waals surface area contributed by atoms with E-state index in [4.69, 9.17) is 9.47 Å². The van der Waals surface area contributed by atoms with Gasteiger partial charge in [0.25, 0.3) is 5.91 Å². The van der Waals surface area contributed by atoms with Gasteiger partial charge in [0.2, 0.25) is 0 Å². The Morgan fingerprint density at radius 3 is 2.38 bits per heavy atom. The van der Waals surface area contributed by atoms with Crippen LogP contribution in [-0.2, 0) is 4.79 Å². The Morgan fingerprint density at radius 2 is 1.86 bits per heavy atom. The predicted molar refractivity (Wildman–Crippen MR) is 86.0 cm³/mol. The maximum atomic E-state index is 12.2. The Kier molecular flexibility index (Phi) is 4.57. The number of amidine groups is 1. The van der Waals surface area contributed by atoms with Gasteiger partial charge in [0.1, 0.15) is 0 Å². The lowest BCUT2D eigenvalue weighted by Gasteiger charge is -2.11. The van der Waals surface area contributed by atoms with Crippen LogP contribution in [0, 0.1) is 6.92 Å². The summed E-state index contributed by atoms with van der Waals surface area (Å²) in [6.07, 6.45) is 1.86. The molecular weight excluding hydrogens is 288 g/mol. The quantitative estimate of drug-likeness (QED) is 0.805. The molecule has 0 aromatic heterocycles. The first-order chi connectivity index (χ1) is 10.0. The first-order valence-corrected chi connectivity index (χ1v) is 7.20. The van der Waals surface area contributed by atoms with Crippen molar-refractivity contribution in [1.29, 1.82) is 0 Å². The molecule has 21 heavy (non-hydrogen) atoms. The van der Waals surface area contributed by atoms with Crippen LogP contribution < -0.4 is 9.47 Å². The summed E-state index contributed by atoms with van der Waals surface area (Å²) in [4.78, 5) is 18.5. The topological polar surface area (TPSA) is 51.1 Å². The van der Waals surface area contributed by atoms with E-state index < -0.39 is 0 Å². The Labute approximate surface area is 128 Å². The first-order valence-electron chi connectivity index (χ1n) is 6.38. The number of benzene rings is 1. The molecular formula is C15H18N2O3S. The van der Waals surface area contributed by atoms with Gasteiger partial charge in [-0.1, -0.05) is 0 Å². The summed E-state index contributed by atoms with van der Waals surface area (Å²) in [6.45, 7) is 1.97. The van der Waals surface area contributed by atoms with E-state index in [0.29, 0.717) is 21.6 Å². The van der Waals surface area contributed by atoms with Gasteiger partial charge in [-0.25, -0.2) is 0 Å². The fourth-order valence-corrected chi connectivity index (χ4v) is 2.96. The number of nitrogens with zero attached hydrogens (tertiary/aromatic N) is 2. The third-order valence-corrected chi connectivity index (χ3v) is 4.41. The molecule has 1 aliphatic rings. The van der Waals surface area contributed by atoms with E-state index in [9.17, 15) is 4.79 Å². The molecule has 1 heterocycles. The molecule has 0 atom stereocenters. The van der Waals surface area contributed by atoms with Crippen LogP contribution in [-0.4, -0.2) is 44.3 Å². The Bertz CT molecular complexity index is 638. The predicted octanol–water partition coefficient (Wildman–Crippen LogP) is 2.54. The Balaban J connectivity index is 2.44. The maximum Gasteiger partial charge on any atom is 0.266 e. The summed E-state index contributed by atoms with van der Waals surface area (Å²) in [5.41, 5.74) is 1.94. The molecule has 1 aromatic rings. The second kappa shape index (κ2) is 6.22. The summed E-state index contributed by atoms with van der Waals surface area (Å²) >= 11 is 1.37. The van der Waals surface area contributed by atoms with E-state index in [1.165, 1.54) is 11.8 Å². The van der Waals surface area contributed by atoms with Crippen LogP contribution in [0.4, 0.5) is 0 Å². The van der Waals surface area contributed by atoms with Crippen molar-refractivity contribution in [2.24, 2.45) is 4.99 Å². The van der Waals surface area contributed by atoms with Gasteiger partial charge in [0.15, 0.2) is 16.7 Å². The Hall–Kier alpha value is -1.95. The SMILES string of the molecule is CN=C1S/C(=C\c2cc(OC)c(OC)cc2C)C(=O)N1C. The maximum absolute atomic E-state index is 12.2. The summed E-state index contributed by atoms with van der Waals surface area (Å²) in [5.74, 6) is 1.27. The van der Waals surface area contributed by atoms with E-state index in [1.54, 1.807) is 33.2 Å². The molecule has 0 aliphatic carbocycles. The monoisotopic (exact) mass is 306 g/mol. The molecule has 112 valence electrons. The summed E-state index contributed by atoms with van der Waals surface area (Å²) in [6, 6.07) is 3.77. The van der Waals surface area contributed by atoms with E-state index in [-0.39, 0.29) is 5.91 Å². The van der Waals surface area contributed by atoms with Crippen LogP contribution in [0.5, 0.6) is 11.5 Å². The normalized spacial score (nSPS) is 18.7. The highest BCUT2D eigenvalue weighted by Crippen LogP contribution is 2.35. The first kappa shape index (κ1) is 15.4. The van der Waals surface area contributed by atoms with Crippen molar-refractivity contribution in [2.45, 2.75) is 6.92 Å². The number of ether oxygens (including phenoxy) is 2. The number of hydrogen-bond donors (Lipinski definition) is 0. The Morgan fingerprint density at radius 1 is 1.24 bits per heavy atom. The molecule has 1 amide bonds. The molecule has 6 heteroatoms. The van der Waals surface area contributed by atoms with Gasteiger partial charge in [0.05, 0.1) is 19.1 Å². The van der Waals surface area contributed by atoms with Crippen molar-refractivity contribution in [3.05, 3.63) is 28.2 Å². The highest BCUT2D eigenvalue weighted by molar-refractivity contribution is 8.18. The van der Waals surface area contributed by atoms with Crippen LogP contribution >= 0.6 is 11.8 Å². The van der Waals surface area contributed by atoms with Gasteiger partial charge in [-0.05, 0) is 48.0 Å². The van der Waals surface area contributed by atoms with Crippen LogP contribution in [0.25, 0.3) is 6.08 Å². The summed E-state index contributed by atoms with van der Waals surface area (Å²) < 4.78 is 10.6. The zero-order valence-corrected chi connectivity index (χ0v) is 13.6. The number of hydrogen-bond acceptors (Lipinski definition) is 5. The van der Waals surface area contributed by atoms with Gasteiger partial charge in [0, 0.05) is 14.1 Å². The lowest BCUT2D eigenvalue weighted by atomic mass is 10.1. The van der Waals surface area contributed by atoms with Gasteiger partial charge < -0.3 is 9.47 Å². The molecule has 1 aromatic carbocycles. The van der Waals surface area contributed by atoms with Crippen LogP contribution in [0.1, 0.15) is 11.1 Å². The van der Waals surface area contributed by atoms with E-state index in [2.05, 4.69) is 4.99 Å². The van der Waals surface area contributed by atoms with Gasteiger partial charge >= 0.3 is 0 Å². The fourth-order valence-electron chi connectivity index (χ4n) is 2.04.